The normalized spacial score (nSPS) is 24.9. The number of likely N-dealkylation sites (tertiary alicyclic amines) is 1. The van der Waals surface area contributed by atoms with E-state index in [-0.39, 0.29) is 30.1 Å². The lowest BCUT2D eigenvalue weighted by Gasteiger charge is -2.22. The van der Waals surface area contributed by atoms with Crippen molar-refractivity contribution in [3.63, 3.8) is 0 Å². The maximum atomic E-state index is 13.6. The van der Waals surface area contributed by atoms with Crippen molar-refractivity contribution in [2.24, 2.45) is 5.92 Å². The number of benzene rings is 1. The average molecular weight is 340 g/mol. The summed E-state index contributed by atoms with van der Waals surface area (Å²) in [6.45, 7) is 1.60. The zero-order chi connectivity index (χ0) is 16.6. The summed E-state index contributed by atoms with van der Waals surface area (Å²) in [5.41, 5.74) is 0.540. The lowest BCUT2D eigenvalue weighted by Crippen LogP contribution is -2.40. The van der Waals surface area contributed by atoms with Crippen molar-refractivity contribution in [1.82, 2.24) is 9.21 Å². The second kappa shape index (κ2) is 6.20. The zero-order valence-electron chi connectivity index (χ0n) is 13.1. The molecule has 126 valence electrons. The molecule has 23 heavy (non-hydrogen) atoms. The highest BCUT2D eigenvalue weighted by Crippen LogP contribution is 2.33. The SMILES string of the molecule is CS(=O)(=O)N1CC[C@@H]2CN(C(=O)CCc3ccccc3F)C[C@@H]21. The second-order valence-corrected chi connectivity index (χ2v) is 8.32. The van der Waals surface area contributed by atoms with Crippen LogP contribution in [0.15, 0.2) is 24.3 Å². The first-order chi connectivity index (χ1) is 10.9. The van der Waals surface area contributed by atoms with Gasteiger partial charge in [0.15, 0.2) is 0 Å². The quantitative estimate of drug-likeness (QED) is 0.829. The van der Waals surface area contributed by atoms with Gasteiger partial charge in [0.2, 0.25) is 15.9 Å². The van der Waals surface area contributed by atoms with Crippen LogP contribution in [0.5, 0.6) is 0 Å². The van der Waals surface area contributed by atoms with Gasteiger partial charge in [0.05, 0.1) is 6.26 Å². The van der Waals surface area contributed by atoms with Gasteiger partial charge in [-0.05, 0) is 30.4 Å². The van der Waals surface area contributed by atoms with Gasteiger partial charge in [0.1, 0.15) is 5.82 Å². The molecule has 0 radical (unpaired) electrons. The molecule has 0 aliphatic carbocycles. The lowest BCUT2D eigenvalue weighted by atomic mass is 10.1. The molecule has 0 bridgehead atoms. The fourth-order valence-corrected chi connectivity index (χ4v) is 4.81. The van der Waals surface area contributed by atoms with E-state index in [0.29, 0.717) is 31.6 Å². The van der Waals surface area contributed by atoms with Gasteiger partial charge in [-0.3, -0.25) is 4.79 Å². The molecule has 2 aliphatic heterocycles. The molecule has 0 aromatic heterocycles. The molecule has 0 saturated carbocycles. The van der Waals surface area contributed by atoms with E-state index in [4.69, 9.17) is 0 Å². The van der Waals surface area contributed by atoms with Crippen LogP contribution in [-0.2, 0) is 21.2 Å². The first kappa shape index (κ1) is 16.4. The molecule has 3 rings (SSSR count). The molecule has 1 aromatic carbocycles. The summed E-state index contributed by atoms with van der Waals surface area (Å²) in [4.78, 5) is 14.1. The van der Waals surface area contributed by atoms with Crippen LogP contribution >= 0.6 is 0 Å². The Balaban J connectivity index is 1.59. The van der Waals surface area contributed by atoms with Gasteiger partial charge in [0.25, 0.3) is 0 Å². The Labute approximate surface area is 136 Å². The summed E-state index contributed by atoms with van der Waals surface area (Å²) in [6.07, 6.45) is 2.64. The Kier molecular flexibility index (Phi) is 4.42. The second-order valence-electron chi connectivity index (χ2n) is 6.38. The smallest absolute Gasteiger partial charge is 0.222 e. The van der Waals surface area contributed by atoms with E-state index in [1.54, 1.807) is 23.1 Å². The molecule has 1 amide bonds. The molecule has 2 fully saturated rings. The lowest BCUT2D eigenvalue weighted by molar-refractivity contribution is -0.130. The molecular formula is C16H21FN2O3S. The van der Waals surface area contributed by atoms with Crippen LogP contribution in [0, 0.1) is 11.7 Å². The average Bonchev–Trinajstić information content (AvgIpc) is 3.04. The Morgan fingerprint density at radius 2 is 2.04 bits per heavy atom. The number of hydrogen-bond donors (Lipinski definition) is 0. The summed E-state index contributed by atoms with van der Waals surface area (Å²) in [7, 11) is -3.22. The van der Waals surface area contributed by atoms with Crippen LogP contribution in [-0.4, -0.2) is 55.5 Å². The molecular weight excluding hydrogens is 319 g/mol. The molecule has 2 heterocycles. The number of sulfonamides is 1. The first-order valence-corrected chi connectivity index (χ1v) is 9.69. The van der Waals surface area contributed by atoms with E-state index in [2.05, 4.69) is 0 Å². The summed E-state index contributed by atoms with van der Waals surface area (Å²) < 4.78 is 38.7. The minimum absolute atomic E-state index is 0.0314. The molecule has 0 unspecified atom stereocenters. The zero-order valence-corrected chi connectivity index (χ0v) is 13.9. The number of fused-ring (bicyclic) bond motifs is 1. The molecule has 1 aromatic rings. The van der Waals surface area contributed by atoms with Crippen LogP contribution in [0.1, 0.15) is 18.4 Å². The molecule has 2 saturated heterocycles. The Morgan fingerprint density at radius 3 is 2.74 bits per heavy atom. The van der Waals surface area contributed by atoms with Crippen LogP contribution in [0.2, 0.25) is 0 Å². The van der Waals surface area contributed by atoms with Crippen LogP contribution in [0.4, 0.5) is 4.39 Å². The fourth-order valence-electron chi connectivity index (χ4n) is 3.64. The van der Waals surface area contributed by atoms with Crippen molar-refractivity contribution in [3.8, 4) is 0 Å². The summed E-state index contributed by atoms with van der Waals surface area (Å²) in [5, 5.41) is 0. The standard InChI is InChI=1S/C16H21FN2O3S/c1-23(21,22)19-9-8-13-10-18(11-15(13)19)16(20)7-6-12-4-2-3-5-14(12)17/h2-5,13,15H,6-11H2,1H3/t13-,15+/m1/s1. The highest BCUT2D eigenvalue weighted by atomic mass is 32.2. The Bertz CT molecular complexity index is 707. The summed E-state index contributed by atoms with van der Waals surface area (Å²) >= 11 is 0. The number of hydrogen-bond acceptors (Lipinski definition) is 3. The maximum absolute atomic E-state index is 13.6. The van der Waals surface area contributed by atoms with E-state index >= 15 is 0 Å². The van der Waals surface area contributed by atoms with Crippen LogP contribution < -0.4 is 0 Å². The minimum Gasteiger partial charge on any atom is -0.341 e. The number of aryl methyl sites for hydroxylation is 1. The predicted octanol–water partition coefficient (Wildman–Crippen LogP) is 1.25. The maximum Gasteiger partial charge on any atom is 0.222 e. The van der Waals surface area contributed by atoms with Gasteiger partial charge < -0.3 is 4.90 Å². The third-order valence-electron chi connectivity index (χ3n) is 4.84. The number of carbonyl (C=O) groups excluding carboxylic acids is 1. The largest absolute Gasteiger partial charge is 0.341 e. The van der Waals surface area contributed by atoms with Crippen molar-refractivity contribution >= 4 is 15.9 Å². The molecule has 2 atom stereocenters. The highest BCUT2D eigenvalue weighted by Gasteiger charge is 2.45. The molecule has 2 aliphatic rings. The predicted molar refractivity (Wildman–Crippen MR) is 84.7 cm³/mol. The Hall–Kier alpha value is -1.47. The monoisotopic (exact) mass is 340 g/mol. The Morgan fingerprint density at radius 1 is 1.30 bits per heavy atom. The fraction of sp³-hybridized carbons (Fsp3) is 0.562. The minimum atomic E-state index is -3.22. The van der Waals surface area contributed by atoms with Crippen molar-refractivity contribution in [1.29, 1.82) is 0 Å². The van der Waals surface area contributed by atoms with Crippen molar-refractivity contribution in [3.05, 3.63) is 35.6 Å². The van der Waals surface area contributed by atoms with E-state index < -0.39 is 10.0 Å². The highest BCUT2D eigenvalue weighted by molar-refractivity contribution is 7.88. The number of nitrogens with zero attached hydrogens (tertiary/aromatic N) is 2. The van der Waals surface area contributed by atoms with Gasteiger partial charge in [-0.25, -0.2) is 12.8 Å². The third kappa shape index (κ3) is 3.40. The van der Waals surface area contributed by atoms with Gasteiger partial charge in [-0.1, -0.05) is 18.2 Å². The van der Waals surface area contributed by atoms with Crippen molar-refractivity contribution in [2.45, 2.75) is 25.3 Å². The molecule has 0 spiro atoms. The number of rotatable bonds is 4. The molecule has 5 nitrogen and oxygen atoms in total. The van der Waals surface area contributed by atoms with E-state index in [1.807, 2.05) is 0 Å². The molecule has 7 heteroatoms. The topological polar surface area (TPSA) is 57.7 Å². The van der Waals surface area contributed by atoms with Gasteiger partial charge >= 0.3 is 0 Å². The number of halogens is 1. The van der Waals surface area contributed by atoms with E-state index in [0.717, 1.165) is 6.42 Å². The van der Waals surface area contributed by atoms with Gasteiger partial charge in [-0.2, -0.15) is 4.31 Å². The first-order valence-electron chi connectivity index (χ1n) is 7.84. The molecule has 0 N–H and O–H groups in total. The van der Waals surface area contributed by atoms with Crippen LogP contribution in [0.25, 0.3) is 0 Å². The van der Waals surface area contributed by atoms with Crippen LogP contribution in [0.3, 0.4) is 0 Å². The number of carbonyl (C=O) groups is 1. The van der Waals surface area contributed by atoms with E-state index in [9.17, 15) is 17.6 Å². The summed E-state index contributed by atoms with van der Waals surface area (Å²) in [5.74, 6) is -0.0971. The van der Waals surface area contributed by atoms with Gasteiger partial charge in [-0.15, -0.1) is 0 Å². The number of amides is 1. The van der Waals surface area contributed by atoms with Gasteiger partial charge in [0, 0.05) is 32.1 Å². The summed E-state index contributed by atoms with van der Waals surface area (Å²) in [6, 6.07) is 6.37. The van der Waals surface area contributed by atoms with Crippen molar-refractivity contribution < 1.29 is 17.6 Å². The third-order valence-corrected chi connectivity index (χ3v) is 6.15. The van der Waals surface area contributed by atoms with Crippen molar-refractivity contribution in [2.75, 3.05) is 25.9 Å². The van der Waals surface area contributed by atoms with E-state index in [1.165, 1.54) is 16.6 Å².